The molecule has 0 heterocycles. The molecule has 0 aliphatic rings. The first-order valence-electron chi connectivity index (χ1n) is 4.85. The highest BCUT2D eigenvalue weighted by molar-refractivity contribution is 9.10. The molecule has 0 radical (unpaired) electrons. The first-order chi connectivity index (χ1) is 8.51. The molecule has 0 fully saturated rings. The van der Waals surface area contributed by atoms with E-state index in [9.17, 15) is 13.6 Å². The molecule has 0 saturated heterocycles. The number of nitrogens with zero attached hydrogens (tertiary/aromatic N) is 1. The van der Waals surface area contributed by atoms with Crippen LogP contribution in [0.1, 0.15) is 22.8 Å². The summed E-state index contributed by atoms with van der Waals surface area (Å²) in [4.78, 5) is 11.6. The van der Waals surface area contributed by atoms with Gasteiger partial charge in [-0.2, -0.15) is 14.0 Å². The zero-order chi connectivity index (χ0) is 13.7. The van der Waals surface area contributed by atoms with Crippen molar-refractivity contribution in [3.63, 3.8) is 0 Å². The van der Waals surface area contributed by atoms with Gasteiger partial charge in [0.25, 0.3) is 0 Å². The second-order valence-electron chi connectivity index (χ2n) is 3.01. The Morgan fingerprint density at radius 1 is 1.56 bits per heavy atom. The lowest BCUT2D eigenvalue weighted by Gasteiger charge is -2.11. The van der Waals surface area contributed by atoms with E-state index in [2.05, 4.69) is 20.7 Å². The minimum Gasteiger partial charge on any atom is -0.462 e. The van der Waals surface area contributed by atoms with E-state index in [4.69, 9.17) is 10.00 Å². The van der Waals surface area contributed by atoms with Gasteiger partial charge in [-0.3, -0.25) is 0 Å². The maximum absolute atomic E-state index is 12.1. The Balaban J connectivity index is 3.28. The molecule has 1 aromatic rings. The SMILES string of the molecule is CCOC(=O)c1c(C#N)ccc(OC(F)F)c1Br. The molecular formula is C11H8BrF2NO3. The summed E-state index contributed by atoms with van der Waals surface area (Å²) in [5.74, 6) is -1.01. The fourth-order valence-electron chi connectivity index (χ4n) is 1.24. The topological polar surface area (TPSA) is 59.3 Å². The zero-order valence-corrected chi connectivity index (χ0v) is 10.8. The van der Waals surface area contributed by atoms with Crippen LogP contribution in [0.3, 0.4) is 0 Å². The number of carbonyl (C=O) groups is 1. The summed E-state index contributed by atoms with van der Waals surface area (Å²) in [6.45, 7) is -1.32. The molecule has 1 rings (SSSR count). The molecule has 7 heteroatoms. The third-order valence-electron chi connectivity index (χ3n) is 1.92. The van der Waals surface area contributed by atoms with Crippen molar-refractivity contribution in [2.45, 2.75) is 13.5 Å². The lowest BCUT2D eigenvalue weighted by molar-refractivity contribution is -0.0504. The van der Waals surface area contributed by atoms with Crippen LogP contribution in [-0.4, -0.2) is 19.2 Å². The molecule has 0 bridgehead atoms. The van der Waals surface area contributed by atoms with E-state index in [1.165, 1.54) is 12.1 Å². The van der Waals surface area contributed by atoms with Crippen molar-refractivity contribution in [2.24, 2.45) is 0 Å². The fourth-order valence-corrected chi connectivity index (χ4v) is 1.84. The van der Waals surface area contributed by atoms with E-state index >= 15 is 0 Å². The van der Waals surface area contributed by atoms with Gasteiger partial charge >= 0.3 is 12.6 Å². The molecule has 0 spiro atoms. The quantitative estimate of drug-likeness (QED) is 0.800. The van der Waals surface area contributed by atoms with Crippen molar-refractivity contribution < 1.29 is 23.0 Å². The van der Waals surface area contributed by atoms with Crippen LogP contribution in [0.15, 0.2) is 16.6 Å². The molecular weight excluding hydrogens is 312 g/mol. The van der Waals surface area contributed by atoms with Crippen molar-refractivity contribution in [2.75, 3.05) is 6.61 Å². The molecule has 0 N–H and O–H groups in total. The summed E-state index contributed by atoms with van der Waals surface area (Å²) in [7, 11) is 0. The molecule has 0 amide bonds. The number of carbonyl (C=O) groups excluding carboxylic acids is 1. The second-order valence-corrected chi connectivity index (χ2v) is 3.80. The van der Waals surface area contributed by atoms with Crippen molar-refractivity contribution >= 4 is 21.9 Å². The molecule has 0 atom stereocenters. The highest BCUT2D eigenvalue weighted by Crippen LogP contribution is 2.32. The van der Waals surface area contributed by atoms with Crippen molar-refractivity contribution in [3.8, 4) is 11.8 Å². The highest BCUT2D eigenvalue weighted by Gasteiger charge is 2.21. The average molecular weight is 320 g/mol. The van der Waals surface area contributed by atoms with Gasteiger partial charge in [0.1, 0.15) is 11.8 Å². The molecule has 96 valence electrons. The number of halogens is 3. The van der Waals surface area contributed by atoms with Gasteiger partial charge in [0.15, 0.2) is 0 Å². The Morgan fingerprint density at radius 3 is 2.72 bits per heavy atom. The smallest absolute Gasteiger partial charge is 0.387 e. The minimum absolute atomic E-state index is 0.0157. The molecule has 0 saturated carbocycles. The van der Waals surface area contributed by atoms with Crippen molar-refractivity contribution in [1.29, 1.82) is 5.26 Å². The summed E-state index contributed by atoms with van der Waals surface area (Å²) in [5.41, 5.74) is -0.112. The van der Waals surface area contributed by atoms with E-state index in [1.807, 2.05) is 0 Å². The number of nitriles is 1. The van der Waals surface area contributed by atoms with E-state index in [1.54, 1.807) is 13.0 Å². The molecule has 0 aliphatic heterocycles. The maximum atomic E-state index is 12.1. The lowest BCUT2D eigenvalue weighted by Crippen LogP contribution is -2.10. The third kappa shape index (κ3) is 3.17. The Kier molecular flexibility index (Phi) is 5.04. The van der Waals surface area contributed by atoms with Crippen LogP contribution in [0, 0.1) is 11.3 Å². The van der Waals surface area contributed by atoms with E-state index in [0.717, 1.165) is 0 Å². The van der Waals surface area contributed by atoms with Gasteiger partial charge in [-0.15, -0.1) is 0 Å². The summed E-state index contributed by atoms with van der Waals surface area (Å²) in [5, 5.41) is 8.87. The van der Waals surface area contributed by atoms with Gasteiger partial charge in [-0.05, 0) is 35.0 Å². The second kappa shape index (κ2) is 6.31. The van der Waals surface area contributed by atoms with Crippen LogP contribution in [0.2, 0.25) is 0 Å². The minimum atomic E-state index is -3.02. The molecule has 0 aliphatic carbocycles. The summed E-state index contributed by atoms with van der Waals surface area (Å²) in [6.07, 6.45) is 0. The summed E-state index contributed by atoms with van der Waals surface area (Å²) < 4.78 is 33.2. The first kappa shape index (κ1) is 14.4. The molecule has 1 aromatic carbocycles. The van der Waals surface area contributed by atoms with Gasteiger partial charge in [0, 0.05) is 0 Å². The van der Waals surface area contributed by atoms with E-state index in [0.29, 0.717) is 0 Å². The maximum Gasteiger partial charge on any atom is 0.387 e. The van der Waals surface area contributed by atoms with Crippen LogP contribution < -0.4 is 4.74 Å². The molecule has 4 nitrogen and oxygen atoms in total. The zero-order valence-electron chi connectivity index (χ0n) is 9.25. The molecule has 0 unspecified atom stereocenters. The standard InChI is InChI=1S/C11H8BrF2NO3/c1-2-17-10(16)8-6(5-15)3-4-7(9(8)12)18-11(13)14/h3-4,11H,2H2,1H3. The van der Waals surface area contributed by atoms with Crippen molar-refractivity contribution in [3.05, 3.63) is 27.7 Å². The Morgan fingerprint density at radius 2 is 2.22 bits per heavy atom. The monoisotopic (exact) mass is 319 g/mol. The van der Waals surface area contributed by atoms with Gasteiger partial charge in [-0.1, -0.05) is 0 Å². The average Bonchev–Trinajstić information content (AvgIpc) is 2.31. The number of hydrogen-bond donors (Lipinski definition) is 0. The Labute approximate surface area is 110 Å². The van der Waals surface area contributed by atoms with E-state index < -0.39 is 12.6 Å². The lowest BCUT2D eigenvalue weighted by atomic mass is 10.1. The van der Waals surface area contributed by atoms with Crippen LogP contribution in [0.5, 0.6) is 5.75 Å². The van der Waals surface area contributed by atoms with Gasteiger partial charge < -0.3 is 9.47 Å². The largest absolute Gasteiger partial charge is 0.462 e. The Hall–Kier alpha value is -1.68. The number of alkyl halides is 2. The third-order valence-corrected chi connectivity index (χ3v) is 2.71. The molecule has 18 heavy (non-hydrogen) atoms. The number of esters is 1. The highest BCUT2D eigenvalue weighted by atomic mass is 79.9. The number of hydrogen-bond acceptors (Lipinski definition) is 4. The van der Waals surface area contributed by atoms with Crippen LogP contribution in [0.25, 0.3) is 0 Å². The van der Waals surface area contributed by atoms with Crippen LogP contribution in [-0.2, 0) is 4.74 Å². The first-order valence-corrected chi connectivity index (χ1v) is 5.65. The van der Waals surface area contributed by atoms with Gasteiger partial charge in [0.05, 0.1) is 22.2 Å². The van der Waals surface area contributed by atoms with E-state index in [-0.39, 0.29) is 28.0 Å². The number of rotatable bonds is 4. The number of ether oxygens (including phenoxy) is 2. The Bertz CT molecular complexity index is 500. The van der Waals surface area contributed by atoms with Crippen LogP contribution in [0.4, 0.5) is 8.78 Å². The van der Waals surface area contributed by atoms with Crippen molar-refractivity contribution in [1.82, 2.24) is 0 Å². The predicted octanol–water partition coefficient (Wildman–Crippen LogP) is 3.10. The van der Waals surface area contributed by atoms with Crippen LogP contribution >= 0.6 is 15.9 Å². The summed E-state index contributed by atoms with van der Waals surface area (Å²) >= 11 is 2.96. The number of benzene rings is 1. The van der Waals surface area contributed by atoms with Gasteiger partial charge in [0.2, 0.25) is 0 Å². The fraction of sp³-hybridized carbons (Fsp3) is 0.273. The predicted molar refractivity (Wildman–Crippen MR) is 61.4 cm³/mol. The molecule has 0 aromatic heterocycles. The normalized spacial score (nSPS) is 10.0. The van der Waals surface area contributed by atoms with Gasteiger partial charge in [-0.25, -0.2) is 4.79 Å². The summed E-state index contributed by atoms with van der Waals surface area (Å²) in [6, 6.07) is 4.18.